The summed E-state index contributed by atoms with van der Waals surface area (Å²) in [6.07, 6.45) is 6.68. The molecule has 30 heavy (non-hydrogen) atoms. The molecule has 0 saturated carbocycles. The van der Waals surface area contributed by atoms with Crippen LogP contribution in [0, 0.1) is 12.3 Å². The fourth-order valence-electron chi connectivity index (χ4n) is 3.04. The number of fused-ring (bicyclic) bond motifs is 2. The molecular formula is C22H19ClN2O3S2. The van der Waals surface area contributed by atoms with Crippen LogP contribution in [0.3, 0.4) is 0 Å². The third-order valence-electron chi connectivity index (χ3n) is 4.43. The Bertz CT molecular complexity index is 1180. The molecule has 0 aliphatic carbocycles. The molecule has 1 aliphatic heterocycles. The highest BCUT2D eigenvalue weighted by Gasteiger charge is 2.16. The van der Waals surface area contributed by atoms with E-state index >= 15 is 0 Å². The van der Waals surface area contributed by atoms with E-state index in [9.17, 15) is 4.79 Å². The average Bonchev–Trinajstić information content (AvgIpc) is 3.07. The number of ether oxygens (including phenoxy) is 2. The molecule has 0 radical (unpaired) electrons. The molecule has 1 amide bonds. The van der Waals surface area contributed by atoms with Crippen molar-refractivity contribution in [2.75, 3.05) is 19.0 Å². The van der Waals surface area contributed by atoms with E-state index in [2.05, 4.69) is 10.9 Å². The Hall–Kier alpha value is -2.40. The first kappa shape index (κ1) is 20.9. The van der Waals surface area contributed by atoms with Crippen LogP contribution in [0.15, 0.2) is 46.3 Å². The minimum atomic E-state index is -0.152. The van der Waals surface area contributed by atoms with Crippen LogP contribution >= 0.6 is 34.7 Å². The zero-order valence-corrected chi connectivity index (χ0v) is 18.5. The Kier molecular flexibility index (Phi) is 6.68. The number of benzene rings is 2. The van der Waals surface area contributed by atoms with Crippen LogP contribution in [-0.4, -0.2) is 29.4 Å². The molecule has 5 nitrogen and oxygen atoms in total. The molecule has 0 unspecified atom stereocenters. The van der Waals surface area contributed by atoms with Crippen molar-refractivity contribution < 1.29 is 14.3 Å². The molecule has 0 spiro atoms. The van der Waals surface area contributed by atoms with Crippen molar-refractivity contribution in [3.8, 4) is 23.8 Å². The number of carbonyl (C=O) groups is 1. The highest BCUT2D eigenvalue weighted by molar-refractivity contribution is 7.99. The number of carbonyl (C=O) groups excluding carboxylic acids is 1. The molecular weight excluding hydrogens is 440 g/mol. The van der Waals surface area contributed by atoms with Crippen molar-refractivity contribution in [1.29, 1.82) is 0 Å². The third kappa shape index (κ3) is 4.84. The Morgan fingerprint density at radius 3 is 2.70 bits per heavy atom. The maximum absolute atomic E-state index is 12.5. The molecule has 154 valence electrons. The number of nitrogens with zero attached hydrogens (tertiary/aromatic N) is 2. The number of amides is 1. The Balaban J connectivity index is 1.48. The second-order valence-electron chi connectivity index (χ2n) is 6.55. The summed E-state index contributed by atoms with van der Waals surface area (Å²) in [5.41, 5.74) is 0.895. The summed E-state index contributed by atoms with van der Waals surface area (Å²) in [6, 6.07) is 11.5. The predicted octanol–water partition coefficient (Wildman–Crippen LogP) is 4.76. The predicted molar refractivity (Wildman–Crippen MR) is 122 cm³/mol. The van der Waals surface area contributed by atoms with Gasteiger partial charge in [-0.2, -0.15) is 4.99 Å². The van der Waals surface area contributed by atoms with Gasteiger partial charge in [-0.05, 0) is 36.4 Å². The van der Waals surface area contributed by atoms with E-state index in [-0.39, 0.29) is 5.91 Å². The monoisotopic (exact) mass is 458 g/mol. The molecule has 2 heterocycles. The van der Waals surface area contributed by atoms with Gasteiger partial charge in [0.2, 0.25) is 5.91 Å². The van der Waals surface area contributed by atoms with E-state index < -0.39 is 0 Å². The lowest BCUT2D eigenvalue weighted by molar-refractivity contribution is -0.118. The highest BCUT2D eigenvalue weighted by atomic mass is 35.5. The number of thioether (sulfide) groups is 1. The highest BCUT2D eigenvalue weighted by Crippen LogP contribution is 2.35. The van der Waals surface area contributed by atoms with Gasteiger partial charge in [-0.25, -0.2) is 0 Å². The van der Waals surface area contributed by atoms with Gasteiger partial charge in [-0.1, -0.05) is 28.9 Å². The zero-order chi connectivity index (χ0) is 20.9. The molecule has 0 bridgehead atoms. The summed E-state index contributed by atoms with van der Waals surface area (Å²) in [5, 5.41) is 0.718. The van der Waals surface area contributed by atoms with Crippen LogP contribution in [0.5, 0.6) is 11.5 Å². The summed E-state index contributed by atoms with van der Waals surface area (Å²) >= 11 is 9.03. The van der Waals surface area contributed by atoms with E-state index in [0.717, 1.165) is 32.3 Å². The molecule has 1 aromatic heterocycles. The molecule has 0 N–H and O–H groups in total. The van der Waals surface area contributed by atoms with Gasteiger partial charge in [0.15, 0.2) is 16.3 Å². The van der Waals surface area contributed by atoms with Crippen LogP contribution in [-0.2, 0) is 11.3 Å². The first-order valence-electron chi connectivity index (χ1n) is 9.46. The molecule has 4 rings (SSSR count). The minimum absolute atomic E-state index is 0.152. The van der Waals surface area contributed by atoms with Crippen LogP contribution in [0.25, 0.3) is 10.2 Å². The number of hydrogen-bond donors (Lipinski definition) is 0. The van der Waals surface area contributed by atoms with Crippen molar-refractivity contribution >= 4 is 50.8 Å². The second kappa shape index (κ2) is 9.61. The fourth-order valence-corrected chi connectivity index (χ4v) is 5.08. The van der Waals surface area contributed by atoms with Crippen LogP contribution in [0.4, 0.5) is 0 Å². The molecule has 2 aromatic carbocycles. The molecule has 1 aliphatic rings. The molecule has 0 fully saturated rings. The van der Waals surface area contributed by atoms with Gasteiger partial charge in [-0.3, -0.25) is 4.79 Å². The summed E-state index contributed by atoms with van der Waals surface area (Å²) in [6.45, 7) is 1.37. The number of aromatic nitrogens is 1. The summed E-state index contributed by atoms with van der Waals surface area (Å²) < 4.78 is 14.2. The van der Waals surface area contributed by atoms with Crippen molar-refractivity contribution in [2.45, 2.75) is 24.3 Å². The summed E-state index contributed by atoms with van der Waals surface area (Å²) in [5.74, 6) is 4.72. The number of rotatable bonds is 6. The van der Waals surface area contributed by atoms with Gasteiger partial charge < -0.3 is 14.0 Å². The molecule has 8 heteroatoms. The van der Waals surface area contributed by atoms with Crippen LogP contribution in [0.2, 0.25) is 5.02 Å². The lowest BCUT2D eigenvalue weighted by Crippen LogP contribution is -2.17. The largest absolute Gasteiger partial charge is 0.486 e. The SMILES string of the molecule is C#CCn1c(=NC(=O)CCCSc2ccc(Cl)cc2)sc2cc3c(cc21)OCCO3. The Morgan fingerprint density at radius 1 is 1.23 bits per heavy atom. The Labute approximate surface area is 187 Å². The maximum atomic E-state index is 12.5. The number of hydrogen-bond acceptors (Lipinski definition) is 5. The minimum Gasteiger partial charge on any atom is -0.486 e. The number of terminal acetylenes is 1. The summed E-state index contributed by atoms with van der Waals surface area (Å²) in [4.78, 5) is 18.5. The van der Waals surface area contributed by atoms with Gasteiger partial charge >= 0.3 is 0 Å². The van der Waals surface area contributed by atoms with Crippen LogP contribution in [0.1, 0.15) is 12.8 Å². The van der Waals surface area contributed by atoms with Gasteiger partial charge in [0, 0.05) is 28.5 Å². The number of thiazole rings is 1. The first-order valence-corrected chi connectivity index (χ1v) is 11.6. The van der Waals surface area contributed by atoms with Crippen LogP contribution < -0.4 is 14.3 Å². The van der Waals surface area contributed by atoms with Crippen molar-refractivity contribution in [3.05, 3.63) is 46.2 Å². The lowest BCUT2D eigenvalue weighted by Gasteiger charge is -2.18. The van der Waals surface area contributed by atoms with Gasteiger partial charge in [0.05, 0.1) is 16.8 Å². The molecule has 0 saturated heterocycles. The van der Waals surface area contributed by atoms with E-state index in [4.69, 9.17) is 27.5 Å². The van der Waals surface area contributed by atoms with E-state index in [1.54, 1.807) is 11.8 Å². The quantitative estimate of drug-likeness (QED) is 0.303. The van der Waals surface area contributed by atoms with Gasteiger partial charge in [0.25, 0.3) is 0 Å². The molecule has 0 atom stereocenters. The van der Waals surface area contributed by atoms with Gasteiger partial charge in [-0.15, -0.1) is 18.2 Å². The fraction of sp³-hybridized carbons (Fsp3) is 0.273. The maximum Gasteiger partial charge on any atom is 0.248 e. The second-order valence-corrected chi connectivity index (χ2v) is 9.16. The van der Waals surface area contributed by atoms with E-state index in [1.807, 2.05) is 41.0 Å². The van der Waals surface area contributed by atoms with E-state index in [1.165, 1.54) is 11.3 Å². The zero-order valence-electron chi connectivity index (χ0n) is 16.1. The first-order chi connectivity index (χ1) is 14.6. The van der Waals surface area contributed by atoms with Crippen molar-refractivity contribution in [3.63, 3.8) is 0 Å². The number of halogens is 1. The lowest BCUT2D eigenvalue weighted by atomic mass is 10.2. The smallest absolute Gasteiger partial charge is 0.248 e. The topological polar surface area (TPSA) is 52.8 Å². The van der Waals surface area contributed by atoms with Crippen molar-refractivity contribution in [1.82, 2.24) is 4.57 Å². The standard InChI is InChI=1S/C22H19ClN2O3S2/c1-2-9-25-17-13-18-19(28-11-10-27-18)14-20(17)30-22(25)24-21(26)4-3-12-29-16-7-5-15(23)6-8-16/h1,5-8,13-14H,3-4,9-12H2. The molecule has 3 aromatic rings. The third-order valence-corrected chi connectivity index (χ3v) is 6.83. The average molecular weight is 459 g/mol. The van der Waals surface area contributed by atoms with Crippen molar-refractivity contribution in [2.24, 2.45) is 4.99 Å². The summed E-state index contributed by atoms with van der Waals surface area (Å²) in [7, 11) is 0. The van der Waals surface area contributed by atoms with Gasteiger partial charge in [0.1, 0.15) is 13.2 Å². The van der Waals surface area contributed by atoms with E-state index in [0.29, 0.717) is 42.5 Å². The Morgan fingerprint density at radius 2 is 1.97 bits per heavy atom. The normalized spacial score (nSPS) is 13.4.